The van der Waals surface area contributed by atoms with E-state index in [4.69, 9.17) is 13.8 Å². The molecule has 0 radical (unpaired) electrons. The average Bonchev–Trinajstić information content (AvgIpc) is 2.88. The zero-order valence-electron chi connectivity index (χ0n) is 17.3. The van der Waals surface area contributed by atoms with E-state index < -0.39 is 31.8 Å². The van der Waals surface area contributed by atoms with Gasteiger partial charge in [0.2, 0.25) is 0 Å². The first-order valence-electron chi connectivity index (χ1n) is 9.10. The van der Waals surface area contributed by atoms with Crippen LogP contribution in [0, 0.1) is 0 Å². The number of aliphatic hydroxyl groups is 2. The number of nitrogens with zero attached hydrogens (tertiary/aromatic N) is 2. The van der Waals surface area contributed by atoms with Gasteiger partial charge < -0.3 is 25.2 Å². The predicted octanol–water partition coefficient (Wildman–Crippen LogP) is 0.222. The molecule has 2 heterocycles. The van der Waals surface area contributed by atoms with Crippen molar-refractivity contribution in [3.05, 3.63) is 24.7 Å². The number of hydrogen-bond acceptors (Lipinski definition) is 10. The van der Waals surface area contributed by atoms with E-state index in [0.717, 1.165) is 11.8 Å². The van der Waals surface area contributed by atoms with Crippen LogP contribution in [0.5, 0.6) is 0 Å². The number of hydrogen-bond donors (Lipinski definition) is 3. The summed E-state index contributed by atoms with van der Waals surface area (Å²) >= 11 is 1.04. The summed E-state index contributed by atoms with van der Waals surface area (Å²) in [4.78, 5) is 23.8. The van der Waals surface area contributed by atoms with E-state index in [9.17, 15) is 24.4 Å². The van der Waals surface area contributed by atoms with Crippen molar-refractivity contribution in [2.75, 3.05) is 33.1 Å². The number of carbonyl (C=O) groups is 2. The second-order valence-corrected chi connectivity index (χ2v) is 10.7. The molecule has 2 rings (SSSR count). The van der Waals surface area contributed by atoms with Crippen LogP contribution in [0.4, 0.5) is 0 Å². The Kier molecular flexibility index (Phi) is 8.28. The molecule has 1 amide bonds. The highest BCUT2D eigenvalue weighted by Gasteiger charge is 2.54. The van der Waals surface area contributed by atoms with Gasteiger partial charge in [-0.15, -0.1) is 0 Å². The van der Waals surface area contributed by atoms with E-state index in [1.165, 1.54) is 49.8 Å². The first-order valence-corrected chi connectivity index (χ1v) is 11.6. The highest BCUT2D eigenvalue weighted by Crippen LogP contribution is 2.51. The monoisotopic (exact) mass is 465 g/mol. The van der Waals surface area contributed by atoms with Crippen LogP contribution >= 0.6 is 19.5 Å². The van der Waals surface area contributed by atoms with E-state index in [-0.39, 0.29) is 30.1 Å². The normalized spacial score (nSPS) is 31.2. The van der Waals surface area contributed by atoms with E-state index in [1.807, 2.05) is 0 Å². The minimum absolute atomic E-state index is 0.0170. The smallest absolute Gasteiger partial charge is 0.387 e. The molecule has 30 heavy (non-hydrogen) atoms. The Morgan fingerprint density at radius 3 is 2.70 bits per heavy atom. The molecule has 2 aliphatic heterocycles. The van der Waals surface area contributed by atoms with Gasteiger partial charge in [0, 0.05) is 25.0 Å². The van der Waals surface area contributed by atoms with Crippen LogP contribution in [0.25, 0.3) is 0 Å². The SMILES string of the molecule is C=C1NC(=O)C=CN1[C@H]1O[C@](C)(COP(=O)(OCCSC(C)=O)N(C)C)[C@H](O)C1O. The Bertz CT molecular complexity index is 763. The van der Waals surface area contributed by atoms with Gasteiger partial charge in [0.1, 0.15) is 23.6 Å². The molecule has 2 unspecified atom stereocenters. The minimum Gasteiger partial charge on any atom is -0.387 e. The first kappa shape index (κ1) is 25.0. The number of ether oxygens (including phenoxy) is 1. The number of nitrogens with one attached hydrogen (secondary N) is 1. The van der Waals surface area contributed by atoms with E-state index >= 15 is 0 Å². The predicted molar refractivity (Wildman–Crippen MR) is 110 cm³/mol. The fourth-order valence-corrected chi connectivity index (χ4v) is 4.67. The molecule has 3 N–H and O–H groups in total. The van der Waals surface area contributed by atoms with Crippen molar-refractivity contribution in [2.24, 2.45) is 0 Å². The van der Waals surface area contributed by atoms with E-state index in [1.54, 1.807) is 0 Å². The van der Waals surface area contributed by atoms with Crippen molar-refractivity contribution in [3.8, 4) is 0 Å². The van der Waals surface area contributed by atoms with Crippen LogP contribution in [-0.4, -0.2) is 87.9 Å². The van der Waals surface area contributed by atoms with Gasteiger partial charge in [-0.25, -0.2) is 9.24 Å². The fourth-order valence-electron chi connectivity index (χ4n) is 2.81. The molecule has 0 aromatic heterocycles. The molecule has 5 atom stereocenters. The van der Waals surface area contributed by atoms with Crippen molar-refractivity contribution in [1.29, 1.82) is 0 Å². The number of amides is 1. The Hall–Kier alpha value is -1.24. The third kappa shape index (κ3) is 5.71. The van der Waals surface area contributed by atoms with Crippen molar-refractivity contribution in [1.82, 2.24) is 14.9 Å². The Morgan fingerprint density at radius 2 is 2.13 bits per heavy atom. The molecule has 0 bridgehead atoms. The maximum Gasteiger partial charge on any atom is 0.407 e. The van der Waals surface area contributed by atoms with Crippen LogP contribution < -0.4 is 5.32 Å². The van der Waals surface area contributed by atoms with Crippen LogP contribution in [0.1, 0.15) is 13.8 Å². The van der Waals surface area contributed by atoms with Crippen LogP contribution in [0.2, 0.25) is 0 Å². The van der Waals surface area contributed by atoms with Crippen LogP contribution in [0.15, 0.2) is 24.7 Å². The van der Waals surface area contributed by atoms with Crippen LogP contribution in [0.3, 0.4) is 0 Å². The summed E-state index contributed by atoms with van der Waals surface area (Å²) < 4.78 is 31.0. The highest BCUT2D eigenvalue weighted by molar-refractivity contribution is 8.13. The maximum absolute atomic E-state index is 13.0. The maximum atomic E-state index is 13.0. The summed E-state index contributed by atoms with van der Waals surface area (Å²) in [7, 11) is -0.711. The topological polar surface area (TPSA) is 138 Å². The third-order valence-corrected chi connectivity index (χ3v) is 7.24. The number of aliphatic hydroxyl groups excluding tert-OH is 2. The van der Waals surface area contributed by atoms with Gasteiger partial charge in [-0.1, -0.05) is 18.3 Å². The number of carbonyl (C=O) groups excluding carboxylic acids is 2. The number of rotatable bonds is 9. The highest BCUT2D eigenvalue weighted by atomic mass is 32.2. The molecule has 0 aromatic rings. The van der Waals surface area contributed by atoms with E-state index in [0.29, 0.717) is 5.75 Å². The Labute approximate surface area is 179 Å². The van der Waals surface area contributed by atoms with Gasteiger partial charge in [0.25, 0.3) is 5.91 Å². The molecule has 13 heteroatoms. The van der Waals surface area contributed by atoms with Gasteiger partial charge in [-0.05, 0) is 21.0 Å². The Balaban J connectivity index is 2.05. The molecular weight excluding hydrogens is 437 g/mol. The summed E-state index contributed by atoms with van der Waals surface area (Å²) in [6.07, 6.45) is -1.18. The minimum atomic E-state index is -3.73. The van der Waals surface area contributed by atoms with Crippen molar-refractivity contribution >= 4 is 30.5 Å². The van der Waals surface area contributed by atoms with E-state index in [2.05, 4.69) is 11.9 Å². The summed E-state index contributed by atoms with van der Waals surface area (Å²) in [5, 5.41) is 23.4. The molecule has 0 spiro atoms. The van der Waals surface area contributed by atoms with Crippen molar-refractivity contribution < 1.29 is 38.2 Å². The molecule has 170 valence electrons. The second kappa shape index (κ2) is 9.92. The zero-order valence-corrected chi connectivity index (χ0v) is 19.0. The van der Waals surface area contributed by atoms with Crippen molar-refractivity contribution in [3.63, 3.8) is 0 Å². The van der Waals surface area contributed by atoms with Crippen molar-refractivity contribution in [2.45, 2.75) is 37.9 Å². The van der Waals surface area contributed by atoms with Gasteiger partial charge in [0.15, 0.2) is 11.3 Å². The summed E-state index contributed by atoms with van der Waals surface area (Å²) in [5.41, 5.74) is -1.43. The van der Waals surface area contributed by atoms with Gasteiger partial charge in [-0.3, -0.25) is 18.6 Å². The third-order valence-electron chi connectivity index (χ3n) is 4.52. The molecule has 11 nitrogen and oxygen atoms in total. The molecule has 0 aliphatic carbocycles. The van der Waals surface area contributed by atoms with Gasteiger partial charge in [-0.2, -0.15) is 0 Å². The summed E-state index contributed by atoms with van der Waals surface area (Å²) in [5.74, 6) is 0.111. The molecule has 1 fully saturated rings. The summed E-state index contributed by atoms with van der Waals surface area (Å²) in [6.45, 7) is 6.29. The lowest BCUT2D eigenvalue weighted by molar-refractivity contribution is -0.128. The lowest BCUT2D eigenvalue weighted by atomic mass is 9.98. The standard InChI is InChI=1S/C17H28N3O8PS/c1-11-18-13(22)6-7-20(11)16-14(23)15(24)17(3,28-16)10-27-29(25,19(4)5)26-8-9-30-12(2)21/h6-7,14-16,23-24H,1,8-10H2,2-5H3,(H,18,22)/t14?,15-,16+,17-,29?/m1/s1. The first-order chi connectivity index (χ1) is 13.9. The zero-order chi connectivity index (χ0) is 22.7. The van der Waals surface area contributed by atoms with Gasteiger partial charge in [0.05, 0.1) is 13.2 Å². The Morgan fingerprint density at radius 1 is 1.47 bits per heavy atom. The molecule has 1 saturated heterocycles. The molecule has 0 saturated carbocycles. The lowest BCUT2D eigenvalue weighted by Crippen LogP contribution is -2.46. The molecule has 0 aromatic carbocycles. The van der Waals surface area contributed by atoms with Gasteiger partial charge >= 0.3 is 7.75 Å². The average molecular weight is 465 g/mol. The molecular formula is C17H28N3O8PS. The number of thioether (sulfide) groups is 1. The molecule has 2 aliphatic rings. The quantitative estimate of drug-likeness (QED) is 0.318. The fraction of sp³-hybridized carbons (Fsp3) is 0.647. The van der Waals surface area contributed by atoms with Crippen LogP contribution in [-0.2, 0) is 27.9 Å². The lowest BCUT2D eigenvalue weighted by Gasteiger charge is -2.34. The second-order valence-electron chi connectivity index (χ2n) is 7.18. The summed E-state index contributed by atoms with van der Waals surface area (Å²) in [6, 6.07) is 0. The largest absolute Gasteiger partial charge is 0.407 e.